The summed E-state index contributed by atoms with van der Waals surface area (Å²) in [5, 5.41) is 17.3. The Kier molecular flexibility index (Phi) is 9.83. The van der Waals surface area contributed by atoms with Crippen LogP contribution in [0.4, 0.5) is 4.79 Å². The zero-order valence-electron chi connectivity index (χ0n) is 14.5. The summed E-state index contributed by atoms with van der Waals surface area (Å²) < 4.78 is 0. The van der Waals surface area contributed by atoms with Crippen LogP contribution in [0.25, 0.3) is 0 Å². The third kappa shape index (κ3) is 8.14. The summed E-state index contributed by atoms with van der Waals surface area (Å²) >= 11 is 0. The van der Waals surface area contributed by atoms with Gasteiger partial charge in [-0.3, -0.25) is 9.59 Å². The van der Waals surface area contributed by atoms with Crippen LogP contribution in [0, 0.1) is 0 Å². The molecule has 1 heterocycles. The highest BCUT2D eigenvalue weighted by Gasteiger charge is 2.17. The highest BCUT2D eigenvalue weighted by Crippen LogP contribution is 2.08. The summed E-state index contributed by atoms with van der Waals surface area (Å²) in [6.07, 6.45) is 5.53. The number of carbonyl (C=O) groups excluding carboxylic acids is 2. The van der Waals surface area contributed by atoms with Gasteiger partial charge in [0.15, 0.2) is 0 Å². The molecule has 0 aromatic carbocycles. The minimum Gasteiger partial charge on any atom is -0.480 e. The highest BCUT2D eigenvalue weighted by molar-refractivity contribution is 5.83. The van der Waals surface area contributed by atoms with E-state index in [1.54, 1.807) is 4.90 Å². The number of hydrogen-bond donors (Lipinski definition) is 4. The Balaban J connectivity index is 2.12. The van der Waals surface area contributed by atoms with E-state index in [0.29, 0.717) is 19.5 Å². The molecule has 24 heavy (non-hydrogen) atoms. The van der Waals surface area contributed by atoms with Gasteiger partial charge in [-0.25, -0.2) is 4.79 Å². The second-order valence-electron chi connectivity index (χ2n) is 6.04. The van der Waals surface area contributed by atoms with Crippen molar-refractivity contribution < 1.29 is 19.5 Å². The van der Waals surface area contributed by atoms with Crippen LogP contribution in [0.3, 0.4) is 0 Å². The van der Waals surface area contributed by atoms with Crippen molar-refractivity contribution in [2.75, 3.05) is 32.7 Å². The molecule has 0 aromatic heterocycles. The van der Waals surface area contributed by atoms with E-state index in [2.05, 4.69) is 16.0 Å². The average Bonchev–Trinajstić information content (AvgIpc) is 2.59. The van der Waals surface area contributed by atoms with Crippen molar-refractivity contribution in [3.8, 4) is 0 Å². The summed E-state index contributed by atoms with van der Waals surface area (Å²) in [7, 11) is 0. The lowest BCUT2D eigenvalue weighted by Crippen LogP contribution is -2.47. The number of carbonyl (C=O) groups is 3. The fourth-order valence-electron chi connectivity index (χ4n) is 2.60. The van der Waals surface area contributed by atoms with Crippen molar-refractivity contribution in [3.63, 3.8) is 0 Å². The summed E-state index contributed by atoms with van der Waals surface area (Å²) in [6.45, 7) is 4.14. The van der Waals surface area contributed by atoms with E-state index in [1.807, 2.05) is 6.92 Å². The van der Waals surface area contributed by atoms with Crippen LogP contribution in [0.15, 0.2) is 0 Å². The minimum atomic E-state index is -0.872. The standard InChI is InChI=1S/C16H30N4O4/c1-2-3-7-13(15(22)23)17-8-9-18-14(21)12-19-16(24)20-10-5-4-6-11-20/h13,17H,2-12H2,1H3,(H,18,21)(H,19,24)(H,22,23)/t13-/m1/s1. The zero-order chi connectivity index (χ0) is 17.8. The molecule has 0 spiro atoms. The maximum Gasteiger partial charge on any atom is 0.320 e. The van der Waals surface area contributed by atoms with Crippen molar-refractivity contribution in [2.45, 2.75) is 51.5 Å². The molecule has 4 N–H and O–H groups in total. The molecule has 0 bridgehead atoms. The van der Waals surface area contributed by atoms with E-state index in [0.717, 1.165) is 45.2 Å². The van der Waals surface area contributed by atoms with Crippen LogP contribution in [0.1, 0.15) is 45.4 Å². The van der Waals surface area contributed by atoms with Gasteiger partial charge in [0.2, 0.25) is 5.91 Å². The predicted molar refractivity (Wildman–Crippen MR) is 90.8 cm³/mol. The van der Waals surface area contributed by atoms with Gasteiger partial charge in [-0.15, -0.1) is 0 Å². The molecule has 1 saturated heterocycles. The van der Waals surface area contributed by atoms with E-state index < -0.39 is 12.0 Å². The molecule has 0 aliphatic carbocycles. The van der Waals surface area contributed by atoms with E-state index in [9.17, 15) is 14.4 Å². The first-order chi connectivity index (χ1) is 11.5. The van der Waals surface area contributed by atoms with Crippen molar-refractivity contribution in [3.05, 3.63) is 0 Å². The number of nitrogens with one attached hydrogen (secondary N) is 3. The molecule has 1 atom stereocenters. The van der Waals surface area contributed by atoms with Gasteiger partial charge in [0.1, 0.15) is 6.04 Å². The van der Waals surface area contributed by atoms with Gasteiger partial charge in [-0.1, -0.05) is 19.8 Å². The SMILES string of the molecule is CCCC[C@@H](NCCNC(=O)CNC(=O)N1CCCCC1)C(=O)O. The highest BCUT2D eigenvalue weighted by atomic mass is 16.4. The Morgan fingerprint density at radius 2 is 1.79 bits per heavy atom. The van der Waals surface area contributed by atoms with Crippen molar-refractivity contribution >= 4 is 17.9 Å². The quantitative estimate of drug-likeness (QED) is 0.433. The lowest BCUT2D eigenvalue weighted by Gasteiger charge is -2.26. The number of carboxylic acids is 1. The number of amides is 3. The number of aliphatic carboxylic acids is 1. The number of unbranched alkanes of at least 4 members (excludes halogenated alkanes) is 1. The number of rotatable bonds is 10. The fraction of sp³-hybridized carbons (Fsp3) is 0.812. The number of likely N-dealkylation sites (tertiary alicyclic amines) is 1. The van der Waals surface area contributed by atoms with Crippen molar-refractivity contribution in [1.29, 1.82) is 0 Å². The Morgan fingerprint density at radius 1 is 1.08 bits per heavy atom. The Hall–Kier alpha value is -1.83. The van der Waals surface area contributed by atoms with Gasteiger partial charge in [-0.05, 0) is 25.7 Å². The third-order valence-corrected chi connectivity index (χ3v) is 4.03. The number of urea groups is 1. The van der Waals surface area contributed by atoms with Crippen molar-refractivity contribution in [1.82, 2.24) is 20.9 Å². The molecule has 1 rings (SSSR count). The smallest absolute Gasteiger partial charge is 0.320 e. The molecule has 0 unspecified atom stereocenters. The van der Waals surface area contributed by atoms with E-state index >= 15 is 0 Å². The Bertz CT molecular complexity index is 411. The topological polar surface area (TPSA) is 111 Å². The molecule has 0 radical (unpaired) electrons. The Labute approximate surface area is 143 Å². The van der Waals surface area contributed by atoms with Gasteiger partial charge in [0, 0.05) is 26.2 Å². The molecule has 8 nitrogen and oxygen atoms in total. The van der Waals surface area contributed by atoms with Crippen LogP contribution >= 0.6 is 0 Å². The van der Waals surface area contributed by atoms with Crippen LogP contribution in [0.2, 0.25) is 0 Å². The van der Waals surface area contributed by atoms with Gasteiger partial charge in [0.25, 0.3) is 0 Å². The molecule has 138 valence electrons. The predicted octanol–water partition coefficient (Wildman–Crippen LogP) is 0.531. The molecular formula is C16H30N4O4. The first-order valence-electron chi connectivity index (χ1n) is 8.80. The molecule has 1 aliphatic heterocycles. The van der Waals surface area contributed by atoms with Gasteiger partial charge < -0.3 is 26.0 Å². The second kappa shape index (κ2) is 11.7. The number of nitrogens with zero attached hydrogens (tertiary/aromatic N) is 1. The molecule has 0 saturated carbocycles. The largest absolute Gasteiger partial charge is 0.480 e. The van der Waals surface area contributed by atoms with Gasteiger partial charge >= 0.3 is 12.0 Å². The van der Waals surface area contributed by atoms with Crippen LogP contribution in [0.5, 0.6) is 0 Å². The zero-order valence-corrected chi connectivity index (χ0v) is 14.5. The van der Waals surface area contributed by atoms with Crippen LogP contribution < -0.4 is 16.0 Å². The maximum absolute atomic E-state index is 11.9. The molecule has 3 amide bonds. The first kappa shape index (κ1) is 20.2. The molecular weight excluding hydrogens is 312 g/mol. The summed E-state index contributed by atoms with van der Waals surface area (Å²) in [6, 6.07) is -0.783. The third-order valence-electron chi connectivity index (χ3n) is 4.03. The Morgan fingerprint density at radius 3 is 2.42 bits per heavy atom. The van der Waals surface area contributed by atoms with E-state index in [4.69, 9.17) is 5.11 Å². The van der Waals surface area contributed by atoms with Gasteiger partial charge in [-0.2, -0.15) is 0 Å². The normalized spacial score (nSPS) is 15.6. The minimum absolute atomic E-state index is 0.0620. The summed E-state index contributed by atoms with van der Waals surface area (Å²) in [5.41, 5.74) is 0. The molecule has 1 aliphatic rings. The second-order valence-corrected chi connectivity index (χ2v) is 6.04. The first-order valence-corrected chi connectivity index (χ1v) is 8.80. The fourth-order valence-corrected chi connectivity index (χ4v) is 2.60. The number of hydrogen-bond acceptors (Lipinski definition) is 4. The number of piperidine rings is 1. The van der Waals surface area contributed by atoms with Crippen LogP contribution in [-0.2, 0) is 9.59 Å². The summed E-state index contributed by atoms with van der Waals surface area (Å²) in [5.74, 6) is -1.15. The lowest BCUT2D eigenvalue weighted by molar-refractivity contribution is -0.139. The van der Waals surface area contributed by atoms with Gasteiger partial charge in [0.05, 0.1) is 6.54 Å². The monoisotopic (exact) mass is 342 g/mol. The average molecular weight is 342 g/mol. The molecule has 1 fully saturated rings. The van der Waals surface area contributed by atoms with E-state index in [1.165, 1.54) is 0 Å². The number of carboxylic acid groups (broad SMARTS) is 1. The molecule has 0 aromatic rings. The van der Waals surface area contributed by atoms with Crippen molar-refractivity contribution in [2.24, 2.45) is 0 Å². The maximum atomic E-state index is 11.9. The van der Waals surface area contributed by atoms with Crippen LogP contribution in [-0.4, -0.2) is 66.7 Å². The lowest BCUT2D eigenvalue weighted by atomic mass is 10.1. The summed E-state index contributed by atoms with van der Waals surface area (Å²) in [4.78, 5) is 36.3. The van der Waals surface area contributed by atoms with E-state index in [-0.39, 0.29) is 18.5 Å². The molecule has 8 heteroatoms.